The number of halogens is 2. The van der Waals surface area contributed by atoms with Crippen LogP contribution in [0.2, 0.25) is 0 Å². The van der Waals surface area contributed by atoms with Crippen molar-refractivity contribution in [3.63, 3.8) is 0 Å². The fraction of sp³-hybridized carbons (Fsp3) is 0.385. The lowest BCUT2D eigenvalue weighted by Gasteiger charge is -2.35. The Morgan fingerprint density at radius 1 is 1.20 bits per heavy atom. The molecule has 2 aromatic carbocycles. The molecule has 1 aliphatic carbocycles. The molecular weight excluding hydrogens is 456 g/mol. The summed E-state index contributed by atoms with van der Waals surface area (Å²) in [5, 5.41) is 17.4. The van der Waals surface area contributed by atoms with Crippen molar-refractivity contribution in [1.29, 1.82) is 0 Å². The SMILES string of the molecule is COc1cc(-n2c(C3CCOCC3)c(C3CC(C(=O)O)C3)c3c(F)c4[nH]ncc4cc32)ccc1F. The molecule has 0 radical (unpaired) electrons. The minimum atomic E-state index is -0.822. The molecule has 2 N–H and O–H groups in total. The zero-order valence-electron chi connectivity index (χ0n) is 19.2. The molecule has 1 saturated heterocycles. The normalized spacial score (nSPS) is 20.9. The van der Waals surface area contributed by atoms with Gasteiger partial charge in [-0.3, -0.25) is 9.89 Å². The summed E-state index contributed by atoms with van der Waals surface area (Å²) in [6, 6.07) is 6.54. The number of nitrogens with zero attached hydrogens (tertiary/aromatic N) is 2. The Morgan fingerprint density at radius 3 is 2.69 bits per heavy atom. The number of hydrogen-bond acceptors (Lipinski definition) is 4. The Kier molecular flexibility index (Phi) is 5.25. The van der Waals surface area contributed by atoms with Crippen LogP contribution in [0.4, 0.5) is 8.78 Å². The number of ether oxygens (including phenoxy) is 2. The minimum absolute atomic E-state index is 0.0851. The summed E-state index contributed by atoms with van der Waals surface area (Å²) in [5.74, 6) is -2.04. The van der Waals surface area contributed by atoms with Crippen molar-refractivity contribution < 1.29 is 28.2 Å². The van der Waals surface area contributed by atoms with E-state index in [1.54, 1.807) is 18.3 Å². The summed E-state index contributed by atoms with van der Waals surface area (Å²) in [4.78, 5) is 11.6. The molecule has 3 heterocycles. The number of fused-ring (bicyclic) bond motifs is 2. The highest BCUT2D eigenvalue weighted by Crippen LogP contribution is 2.51. The van der Waals surface area contributed by atoms with Gasteiger partial charge < -0.3 is 19.1 Å². The zero-order chi connectivity index (χ0) is 24.3. The molecule has 182 valence electrons. The zero-order valence-corrected chi connectivity index (χ0v) is 19.2. The van der Waals surface area contributed by atoms with E-state index in [1.807, 2.05) is 10.6 Å². The van der Waals surface area contributed by atoms with Crippen LogP contribution in [0, 0.1) is 17.6 Å². The summed E-state index contributed by atoms with van der Waals surface area (Å²) >= 11 is 0. The summed E-state index contributed by atoms with van der Waals surface area (Å²) < 4.78 is 43.3. The second-order valence-electron chi connectivity index (χ2n) is 9.46. The van der Waals surface area contributed by atoms with Crippen molar-refractivity contribution in [3.05, 3.63) is 53.4 Å². The topological polar surface area (TPSA) is 89.4 Å². The van der Waals surface area contributed by atoms with E-state index in [-0.39, 0.29) is 17.6 Å². The number of aliphatic carboxylic acids is 1. The van der Waals surface area contributed by atoms with Crippen LogP contribution >= 0.6 is 0 Å². The van der Waals surface area contributed by atoms with Gasteiger partial charge in [0, 0.05) is 47.4 Å². The number of aromatic nitrogens is 3. The maximum Gasteiger partial charge on any atom is 0.306 e. The summed E-state index contributed by atoms with van der Waals surface area (Å²) in [5.41, 5.74) is 3.44. The fourth-order valence-electron chi connectivity index (χ4n) is 5.76. The monoisotopic (exact) mass is 481 g/mol. The van der Waals surface area contributed by atoms with Crippen molar-refractivity contribution >= 4 is 27.8 Å². The molecule has 0 bridgehead atoms. The number of carboxylic acids is 1. The first-order valence-electron chi connectivity index (χ1n) is 11.8. The Bertz CT molecular complexity index is 1450. The molecule has 2 aromatic heterocycles. The lowest BCUT2D eigenvalue weighted by molar-refractivity contribution is -0.145. The molecule has 0 spiro atoms. The maximum atomic E-state index is 16.1. The molecule has 1 saturated carbocycles. The molecule has 35 heavy (non-hydrogen) atoms. The molecule has 7 nitrogen and oxygen atoms in total. The first-order valence-corrected chi connectivity index (χ1v) is 11.8. The number of hydrogen-bond donors (Lipinski definition) is 2. The number of carbonyl (C=O) groups is 1. The van der Waals surface area contributed by atoms with Crippen molar-refractivity contribution in [1.82, 2.24) is 14.8 Å². The quantitative estimate of drug-likeness (QED) is 0.406. The van der Waals surface area contributed by atoms with Crippen LogP contribution in [0.25, 0.3) is 27.5 Å². The van der Waals surface area contributed by atoms with Gasteiger partial charge in [0.2, 0.25) is 0 Å². The van der Waals surface area contributed by atoms with Crippen molar-refractivity contribution in [2.24, 2.45) is 5.92 Å². The fourth-order valence-corrected chi connectivity index (χ4v) is 5.76. The lowest BCUT2D eigenvalue weighted by Crippen LogP contribution is -2.30. The van der Waals surface area contributed by atoms with Crippen LogP contribution in [-0.2, 0) is 9.53 Å². The van der Waals surface area contributed by atoms with Gasteiger partial charge in [-0.25, -0.2) is 8.78 Å². The van der Waals surface area contributed by atoms with E-state index in [1.165, 1.54) is 13.2 Å². The van der Waals surface area contributed by atoms with Crippen LogP contribution in [0.1, 0.15) is 48.8 Å². The van der Waals surface area contributed by atoms with E-state index in [9.17, 15) is 14.3 Å². The van der Waals surface area contributed by atoms with Crippen LogP contribution in [-0.4, -0.2) is 46.2 Å². The molecule has 9 heteroatoms. The van der Waals surface area contributed by atoms with E-state index >= 15 is 4.39 Å². The maximum absolute atomic E-state index is 16.1. The number of aromatic amines is 1. The summed E-state index contributed by atoms with van der Waals surface area (Å²) in [7, 11) is 1.41. The average molecular weight is 481 g/mol. The van der Waals surface area contributed by atoms with Crippen molar-refractivity contribution in [2.45, 2.75) is 37.5 Å². The molecule has 0 atom stereocenters. The lowest BCUT2D eigenvalue weighted by atomic mass is 9.69. The second-order valence-corrected chi connectivity index (χ2v) is 9.46. The third-order valence-corrected chi connectivity index (χ3v) is 7.58. The first-order chi connectivity index (χ1) is 17.0. The number of benzene rings is 2. The summed E-state index contributed by atoms with van der Waals surface area (Å²) in [6.45, 7) is 1.18. The van der Waals surface area contributed by atoms with E-state index in [2.05, 4.69) is 10.2 Å². The Morgan fingerprint density at radius 2 is 1.97 bits per heavy atom. The Hall–Kier alpha value is -3.46. The average Bonchev–Trinajstić information content (AvgIpc) is 3.43. The molecular formula is C26H25F2N3O4. The molecule has 0 unspecified atom stereocenters. The highest BCUT2D eigenvalue weighted by molar-refractivity contribution is 6.00. The van der Waals surface area contributed by atoms with Crippen molar-refractivity contribution in [2.75, 3.05) is 20.3 Å². The van der Waals surface area contributed by atoms with Gasteiger partial charge in [0.25, 0.3) is 0 Å². The third-order valence-electron chi connectivity index (χ3n) is 7.58. The second kappa shape index (κ2) is 8.34. The Balaban J connectivity index is 1.68. The van der Waals surface area contributed by atoms with Crippen LogP contribution in [0.5, 0.6) is 5.75 Å². The van der Waals surface area contributed by atoms with Crippen LogP contribution < -0.4 is 4.74 Å². The van der Waals surface area contributed by atoms with Gasteiger partial charge in [-0.15, -0.1) is 0 Å². The van der Waals surface area contributed by atoms with E-state index in [0.717, 1.165) is 24.1 Å². The van der Waals surface area contributed by atoms with Gasteiger partial charge in [-0.2, -0.15) is 5.10 Å². The molecule has 2 aliphatic rings. The minimum Gasteiger partial charge on any atom is -0.494 e. The van der Waals surface area contributed by atoms with Gasteiger partial charge in [-0.05, 0) is 55.4 Å². The predicted octanol–water partition coefficient (Wildman–Crippen LogP) is 5.27. The number of nitrogens with one attached hydrogen (secondary N) is 1. The van der Waals surface area contributed by atoms with Crippen LogP contribution in [0.3, 0.4) is 0 Å². The van der Waals surface area contributed by atoms with Gasteiger partial charge >= 0.3 is 5.97 Å². The Labute approximate surface area is 199 Å². The highest BCUT2D eigenvalue weighted by Gasteiger charge is 2.41. The molecule has 1 aliphatic heterocycles. The van der Waals surface area contributed by atoms with Crippen molar-refractivity contribution in [3.8, 4) is 11.4 Å². The van der Waals surface area contributed by atoms with E-state index < -0.39 is 23.5 Å². The number of H-pyrrole nitrogens is 1. The molecule has 0 amide bonds. The van der Waals surface area contributed by atoms with Crippen LogP contribution in [0.15, 0.2) is 30.5 Å². The standard InChI is InChI=1S/C26H25F2N3O4/c1-34-20-11-17(2-3-18(20)27)31-19-10-16-12-29-30-24(16)23(28)22(19)21(14-8-15(9-14)26(32)33)25(31)13-4-6-35-7-5-13/h2-3,10-15H,4-9H2,1H3,(H,29,30)(H,32,33). The smallest absolute Gasteiger partial charge is 0.306 e. The highest BCUT2D eigenvalue weighted by atomic mass is 19.1. The van der Waals surface area contributed by atoms with Gasteiger partial charge in [0.15, 0.2) is 17.4 Å². The van der Waals surface area contributed by atoms with E-state index in [0.29, 0.717) is 53.5 Å². The molecule has 4 aromatic rings. The van der Waals surface area contributed by atoms with Gasteiger partial charge in [-0.1, -0.05) is 0 Å². The largest absolute Gasteiger partial charge is 0.494 e. The number of rotatable bonds is 5. The number of carboxylic acid groups (broad SMARTS) is 1. The van der Waals surface area contributed by atoms with E-state index in [4.69, 9.17) is 9.47 Å². The predicted molar refractivity (Wildman–Crippen MR) is 125 cm³/mol. The molecule has 2 fully saturated rings. The third kappa shape index (κ3) is 3.40. The van der Waals surface area contributed by atoms with Gasteiger partial charge in [0.05, 0.1) is 24.7 Å². The first kappa shape index (κ1) is 22.0. The summed E-state index contributed by atoms with van der Waals surface area (Å²) in [6.07, 6.45) is 4.02. The van der Waals surface area contributed by atoms with Gasteiger partial charge in [0.1, 0.15) is 5.52 Å². The molecule has 6 rings (SSSR count). The number of methoxy groups -OCH3 is 1.